The zero-order valence-electron chi connectivity index (χ0n) is 17.6. The lowest BCUT2D eigenvalue weighted by Gasteiger charge is -2.14. The molecule has 0 bridgehead atoms. The molecular formula is C24H21ClN4O3. The lowest BCUT2D eigenvalue weighted by atomic mass is 10.1. The van der Waals surface area contributed by atoms with Gasteiger partial charge >= 0.3 is 0 Å². The van der Waals surface area contributed by atoms with Gasteiger partial charge in [0, 0.05) is 35.3 Å². The first kappa shape index (κ1) is 21.5. The highest BCUT2D eigenvalue weighted by atomic mass is 35.5. The van der Waals surface area contributed by atoms with Crippen LogP contribution >= 0.6 is 11.6 Å². The number of fused-ring (bicyclic) bond motifs is 1. The van der Waals surface area contributed by atoms with E-state index in [1.54, 1.807) is 36.7 Å². The average Bonchev–Trinajstić information content (AvgIpc) is 2.80. The van der Waals surface area contributed by atoms with Gasteiger partial charge in [0.05, 0.1) is 23.9 Å². The van der Waals surface area contributed by atoms with Crippen molar-refractivity contribution in [3.63, 3.8) is 0 Å². The predicted octanol–water partition coefficient (Wildman–Crippen LogP) is 3.99. The standard InChI is InChI=1S/C24H21ClN4O3/c1-15-10-21(22(32-2)12-19(15)25)27-23(30)14-29-24(31)18-8-4-3-7-17(18)20(28-29)11-16-6-5-9-26-13-16/h3-10,12-13H,11,14H2,1-2H3,(H,27,30). The van der Waals surface area contributed by atoms with E-state index in [9.17, 15) is 9.59 Å². The number of anilines is 1. The molecule has 0 aliphatic carbocycles. The van der Waals surface area contributed by atoms with E-state index in [0.29, 0.717) is 34.0 Å². The molecule has 7 nitrogen and oxygen atoms in total. The number of benzene rings is 2. The summed E-state index contributed by atoms with van der Waals surface area (Å²) in [6.07, 6.45) is 3.95. The molecule has 1 N–H and O–H groups in total. The van der Waals surface area contributed by atoms with Gasteiger partial charge in [-0.05, 0) is 36.2 Å². The Morgan fingerprint density at radius 1 is 1.16 bits per heavy atom. The Morgan fingerprint density at radius 3 is 2.66 bits per heavy atom. The highest BCUT2D eigenvalue weighted by Gasteiger charge is 2.15. The largest absolute Gasteiger partial charge is 0.495 e. The molecule has 1 amide bonds. The molecule has 0 fully saturated rings. The average molecular weight is 449 g/mol. The summed E-state index contributed by atoms with van der Waals surface area (Å²) in [5.41, 5.74) is 2.60. The smallest absolute Gasteiger partial charge is 0.275 e. The van der Waals surface area contributed by atoms with Crippen molar-refractivity contribution in [3.05, 3.63) is 93.1 Å². The molecule has 4 aromatic rings. The monoisotopic (exact) mass is 448 g/mol. The molecule has 2 aromatic heterocycles. The number of nitrogens with zero attached hydrogens (tertiary/aromatic N) is 3. The SMILES string of the molecule is COc1cc(Cl)c(C)cc1NC(=O)Cn1nc(Cc2cccnc2)c2ccccc2c1=O. The summed E-state index contributed by atoms with van der Waals surface area (Å²) < 4.78 is 6.50. The maximum Gasteiger partial charge on any atom is 0.275 e. The molecule has 0 atom stereocenters. The van der Waals surface area contributed by atoms with Gasteiger partial charge in [-0.25, -0.2) is 4.68 Å². The Labute approximate surface area is 189 Å². The molecule has 4 rings (SSSR count). The van der Waals surface area contributed by atoms with Crippen LogP contribution in [0.2, 0.25) is 5.02 Å². The van der Waals surface area contributed by atoms with E-state index in [1.165, 1.54) is 11.8 Å². The predicted molar refractivity (Wildman–Crippen MR) is 124 cm³/mol. The van der Waals surface area contributed by atoms with Gasteiger partial charge in [-0.15, -0.1) is 0 Å². The third kappa shape index (κ3) is 4.48. The summed E-state index contributed by atoms with van der Waals surface area (Å²) in [5, 5.41) is 9.11. The van der Waals surface area contributed by atoms with Crippen LogP contribution in [0.4, 0.5) is 5.69 Å². The number of ether oxygens (including phenoxy) is 1. The maximum atomic E-state index is 13.0. The van der Waals surface area contributed by atoms with E-state index < -0.39 is 5.91 Å². The second-order valence-electron chi connectivity index (χ2n) is 7.34. The Kier molecular flexibility index (Phi) is 6.18. The highest BCUT2D eigenvalue weighted by molar-refractivity contribution is 6.31. The quantitative estimate of drug-likeness (QED) is 0.482. The number of hydrogen-bond acceptors (Lipinski definition) is 5. The third-order valence-corrected chi connectivity index (χ3v) is 5.49. The molecule has 2 aromatic carbocycles. The number of rotatable bonds is 6. The number of carbonyl (C=O) groups is 1. The van der Waals surface area contributed by atoms with Crippen molar-refractivity contribution in [1.29, 1.82) is 0 Å². The molecule has 0 saturated carbocycles. The highest BCUT2D eigenvalue weighted by Crippen LogP contribution is 2.30. The fourth-order valence-corrected chi connectivity index (χ4v) is 3.65. The van der Waals surface area contributed by atoms with Gasteiger partial charge in [0.2, 0.25) is 5.91 Å². The van der Waals surface area contributed by atoms with Crippen LogP contribution < -0.4 is 15.6 Å². The molecule has 162 valence electrons. The number of methoxy groups -OCH3 is 1. The van der Waals surface area contributed by atoms with Gasteiger partial charge in [-0.1, -0.05) is 35.9 Å². The first-order valence-electron chi connectivity index (χ1n) is 9.98. The van der Waals surface area contributed by atoms with Crippen LogP contribution in [0.15, 0.2) is 65.7 Å². The van der Waals surface area contributed by atoms with Gasteiger partial charge in [-0.2, -0.15) is 5.10 Å². The summed E-state index contributed by atoms with van der Waals surface area (Å²) in [6, 6.07) is 14.4. The van der Waals surface area contributed by atoms with Crippen LogP contribution in [0.5, 0.6) is 5.75 Å². The topological polar surface area (TPSA) is 86.1 Å². The van der Waals surface area contributed by atoms with Crippen molar-refractivity contribution >= 4 is 34.0 Å². The van der Waals surface area contributed by atoms with Gasteiger partial charge in [0.1, 0.15) is 12.3 Å². The van der Waals surface area contributed by atoms with E-state index in [4.69, 9.17) is 16.3 Å². The summed E-state index contributed by atoms with van der Waals surface area (Å²) in [4.78, 5) is 29.9. The molecule has 0 aliphatic heterocycles. The Bertz CT molecular complexity index is 1350. The maximum absolute atomic E-state index is 13.0. The summed E-state index contributed by atoms with van der Waals surface area (Å²) in [6.45, 7) is 1.59. The molecule has 32 heavy (non-hydrogen) atoms. The second kappa shape index (κ2) is 9.20. The van der Waals surface area contributed by atoms with E-state index >= 15 is 0 Å². The number of halogens is 1. The number of carbonyl (C=O) groups excluding carboxylic acids is 1. The van der Waals surface area contributed by atoms with Crippen LogP contribution in [0.3, 0.4) is 0 Å². The van der Waals surface area contributed by atoms with E-state index in [1.807, 2.05) is 31.2 Å². The molecule has 0 saturated heterocycles. The fourth-order valence-electron chi connectivity index (χ4n) is 3.49. The fraction of sp³-hybridized carbons (Fsp3) is 0.167. The Morgan fingerprint density at radius 2 is 1.94 bits per heavy atom. The number of aromatic nitrogens is 3. The van der Waals surface area contributed by atoms with Gasteiger partial charge < -0.3 is 10.1 Å². The molecule has 0 unspecified atom stereocenters. The first-order chi connectivity index (χ1) is 15.5. The van der Waals surface area contributed by atoms with E-state index in [0.717, 1.165) is 16.5 Å². The molecule has 0 spiro atoms. The van der Waals surface area contributed by atoms with Crippen molar-refractivity contribution in [2.24, 2.45) is 0 Å². The zero-order chi connectivity index (χ0) is 22.7. The van der Waals surface area contributed by atoms with Gasteiger partial charge in [-0.3, -0.25) is 14.6 Å². The zero-order valence-corrected chi connectivity index (χ0v) is 18.4. The van der Waals surface area contributed by atoms with Crippen LogP contribution in [-0.4, -0.2) is 27.8 Å². The van der Waals surface area contributed by atoms with Gasteiger partial charge in [0.15, 0.2) is 0 Å². The van der Waals surface area contributed by atoms with Crippen molar-refractivity contribution in [1.82, 2.24) is 14.8 Å². The minimum absolute atomic E-state index is 0.242. The summed E-state index contributed by atoms with van der Waals surface area (Å²) in [7, 11) is 1.50. The van der Waals surface area contributed by atoms with Crippen LogP contribution in [0.25, 0.3) is 10.8 Å². The number of hydrogen-bond donors (Lipinski definition) is 1. The van der Waals surface area contributed by atoms with Crippen LogP contribution in [-0.2, 0) is 17.8 Å². The van der Waals surface area contributed by atoms with E-state index in [-0.39, 0.29) is 12.1 Å². The van der Waals surface area contributed by atoms with Crippen LogP contribution in [0, 0.1) is 6.92 Å². The molecule has 0 radical (unpaired) electrons. The second-order valence-corrected chi connectivity index (χ2v) is 7.75. The van der Waals surface area contributed by atoms with Crippen molar-refractivity contribution in [2.75, 3.05) is 12.4 Å². The van der Waals surface area contributed by atoms with Gasteiger partial charge in [0.25, 0.3) is 5.56 Å². The van der Waals surface area contributed by atoms with Crippen molar-refractivity contribution in [3.8, 4) is 5.75 Å². The van der Waals surface area contributed by atoms with Crippen molar-refractivity contribution in [2.45, 2.75) is 19.9 Å². The Balaban J connectivity index is 1.67. The summed E-state index contributed by atoms with van der Waals surface area (Å²) >= 11 is 6.14. The lowest BCUT2D eigenvalue weighted by molar-refractivity contribution is -0.117. The summed E-state index contributed by atoms with van der Waals surface area (Å²) in [5.74, 6) is 0.0345. The molecular weight excluding hydrogens is 428 g/mol. The molecule has 8 heteroatoms. The minimum atomic E-state index is -0.401. The third-order valence-electron chi connectivity index (χ3n) is 5.09. The normalized spacial score (nSPS) is 10.8. The molecule has 0 aliphatic rings. The number of pyridine rings is 1. The number of amides is 1. The van der Waals surface area contributed by atoms with Crippen molar-refractivity contribution < 1.29 is 9.53 Å². The number of aryl methyl sites for hydroxylation is 1. The Hall–Kier alpha value is -3.71. The minimum Gasteiger partial charge on any atom is -0.495 e. The first-order valence-corrected chi connectivity index (χ1v) is 10.4. The number of nitrogens with one attached hydrogen (secondary N) is 1. The van der Waals surface area contributed by atoms with E-state index in [2.05, 4.69) is 15.4 Å². The van der Waals surface area contributed by atoms with Crippen LogP contribution in [0.1, 0.15) is 16.8 Å². The molecule has 2 heterocycles. The lowest BCUT2D eigenvalue weighted by Crippen LogP contribution is -2.31.